The number of para-hydroxylation sites is 1. The summed E-state index contributed by atoms with van der Waals surface area (Å²) in [6.07, 6.45) is 4.58. The highest BCUT2D eigenvalue weighted by Crippen LogP contribution is 2.41. The molecule has 0 aliphatic carbocycles. The molecule has 0 fully saturated rings. The first kappa shape index (κ1) is 17.6. The van der Waals surface area contributed by atoms with E-state index in [1.165, 1.54) is 16.7 Å². The van der Waals surface area contributed by atoms with Crippen LogP contribution in [-0.2, 0) is 12.8 Å². The number of nitrogens with one attached hydrogen (secondary N) is 1. The van der Waals surface area contributed by atoms with Gasteiger partial charge in [-0.15, -0.1) is 6.58 Å². The summed E-state index contributed by atoms with van der Waals surface area (Å²) in [5, 5.41) is 3.42. The SMILES string of the molecule is C=CCc1c(OCCCNC(C)C)ccc2c1Cc1ccccc1O2. The monoisotopic (exact) mass is 337 g/mol. The van der Waals surface area contributed by atoms with Gasteiger partial charge in [0.2, 0.25) is 0 Å². The first-order chi connectivity index (χ1) is 12.2. The van der Waals surface area contributed by atoms with Crippen molar-refractivity contribution in [3.8, 4) is 17.2 Å². The van der Waals surface area contributed by atoms with E-state index in [4.69, 9.17) is 9.47 Å². The van der Waals surface area contributed by atoms with E-state index in [1.807, 2.05) is 30.3 Å². The zero-order valence-electron chi connectivity index (χ0n) is 15.2. The standard InChI is InChI=1S/C22H27NO2/c1-4-8-18-19-15-17-9-5-6-10-20(17)25-22(19)12-11-21(18)24-14-7-13-23-16(2)3/h4-6,9-12,16,23H,1,7-8,13-15H2,2-3H3. The number of hydrogen-bond acceptors (Lipinski definition) is 3. The van der Waals surface area contributed by atoms with Crippen LogP contribution in [0, 0.1) is 0 Å². The maximum atomic E-state index is 6.09. The van der Waals surface area contributed by atoms with Gasteiger partial charge in [0.25, 0.3) is 0 Å². The third-order valence-electron chi connectivity index (χ3n) is 4.38. The van der Waals surface area contributed by atoms with E-state index in [1.54, 1.807) is 0 Å². The Labute approximate surface area is 150 Å². The van der Waals surface area contributed by atoms with Gasteiger partial charge in [-0.05, 0) is 43.1 Å². The summed E-state index contributed by atoms with van der Waals surface area (Å²) in [7, 11) is 0. The quantitative estimate of drug-likeness (QED) is 0.469. The van der Waals surface area contributed by atoms with Crippen LogP contribution < -0.4 is 14.8 Å². The van der Waals surface area contributed by atoms with Crippen molar-refractivity contribution in [2.45, 2.75) is 39.2 Å². The van der Waals surface area contributed by atoms with Gasteiger partial charge in [0.1, 0.15) is 17.2 Å². The van der Waals surface area contributed by atoms with Gasteiger partial charge in [-0.2, -0.15) is 0 Å². The second-order valence-electron chi connectivity index (χ2n) is 6.71. The Morgan fingerprint density at radius 1 is 1.20 bits per heavy atom. The molecule has 0 radical (unpaired) electrons. The summed E-state index contributed by atoms with van der Waals surface area (Å²) in [6.45, 7) is 9.90. The number of ether oxygens (including phenoxy) is 2. The molecule has 3 nitrogen and oxygen atoms in total. The van der Waals surface area contributed by atoms with Crippen molar-refractivity contribution < 1.29 is 9.47 Å². The molecule has 1 heterocycles. The van der Waals surface area contributed by atoms with Crippen LogP contribution in [0.1, 0.15) is 37.0 Å². The van der Waals surface area contributed by atoms with Gasteiger partial charge < -0.3 is 14.8 Å². The molecule has 2 aromatic carbocycles. The third-order valence-corrected chi connectivity index (χ3v) is 4.38. The van der Waals surface area contributed by atoms with E-state index in [-0.39, 0.29) is 0 Å². The Morgan fingerprint density at radius 2 is 2.04 bits per heavy atom. The molecule has 0 amide bonds. The fraction of sp³-hybridized carbons (Fsp3) is 0.364. The van der Waals surface area contributed by atoms with Crippen LogP contribution in [0.3, 0.4) is 0 Å². The van der Waals surface area contributed by atoms with Crippen LogP contribution >= 0.6 is 0 Å². The van der Waals surface area contributed by atoms with Crippen molar-refractivity contribution in [2.75, 3.05) is 13.2 Å². The highest BCUT2D eigenvalue weighted by molar-refractivity contribution is 5.57. The lowest BCUT2D eigenvalue weighted by atomic mass is 9.93. The molecule has 132 valence electrons. The maximum absolute atomic E-state index is 6.09. The third kappa shape index (κ3) is 4.23. The largest absolute Gasteiger partial charge is 0.493 e. The van der Waals surface area contributed by atoms with E-state index in [0.29, 0.717) is 12.6 Å². The van der Waals surface area contributed by atoms with E-state index in [9.17, 15) is 0 Å². The smallest absolute Gasteiger partial charge is 0.131 e. The molecule has 0 saturated heterocycles. The first-order valence-corrected chi connectivity index (χ1v) is 9.06. The molecular weight excluding hydrogens is 310 g/mol. The zero-order valence-corrected chi connectivity index (χ0v) is 15.2. The minimum absolute atomic E-state index is 0.511. The molecule has 3 rings (SSSR count). The van der Waals surface area contributed by atoms with Crippen molar-refractivity contribution in [2.24, 2.45) is 0 Å². The van der Waals surface area contributed by atoms with Crippen molar-refractivity contribution in [3.05, 3.63) is 65.7 Å². The maximum Gasteiger partial charge on any atom is 0.131 e. The number of benzene rings is 2. The number of hydrogen-bond donors (Lipinski definition) is 1. The molecule has 0 atom stereocenters. The highest BCUT2D eigenvalue weighted by atomic mass is 16.5. The highest BCUT2D eigenvalue weighted by Gasteiger charge is 2.21. The molecule has 0 aromatic heterocycles. The summed E-state index contributed by atoms with van der Waals surface area (Å²) >= 11 is 0. The van der Waals surface area contributed by atoms with E-state index in [2.05, 4.69) is 37.9 Å². The topological polar surface area (TPSA) is 30.5 Å². The van der Waals surface area contributed by atoms with Crippen molar-refractivity contribution in [1.82, 2.24) is 5.32 Å². The molecular formula is C22H27NO2. The normalized spacial score (nSPS) is 12.3. The Morgan fingerprint density at radius 3 is 2.84 bits per heavy atom. The molecule has 25 heavy (non-hydrogen) atoms. The van der Waals surface area contributed by atoms with Crippen LogP contribution in [-0.4, -0.2) is 19.2 Å². The Hall–Kier alpha value is -2.26. The fourth-order valence-electron chi connectivity index (χ4n) is 3.15. The summed E-state index contributed by atoms with van der Waals surface area (Å²) in [5.41, 5.74) is 3.63. The van der Waals surface area contributed by atoms with E-state index in [0.717, 1.165) is 43.1 Å². The minimum Gasteiger partial charge on any atom is -0.493 e. The first-order valence-electron chi connectivity index (χ1n) is 9.06. The van der Waals surface area contributed by atoms with E-state index >= 15 is 0 Å². The van der Waals surface area contributed by atoms with Crippen LogP contribution in [0.2, 0.25) is 0 Å². The van der Waals surface area contributed by atoms with Gasteiger partial charge in [0, 0.05) is 23.6 Å². The van der Waals surface area contributed by atoms with Gasteiger partial charge >= 0.3 is 0 Å². The molecule has 0 spiro atoms. The molecule has 1 aliphatic heterocycles. The van der Waals surface area contributed by atoms with Crippen LogP contribution in [0.5, 0.6) is 17.2 Å². The molecule has 0 unspecified atom stereocenters. The minimum atomic E-state index is 0.511. The number of rotatable bonds is 8. The van der Waals surface area contributed by atoms with Gasteiger partial charge in [0.15, 0.2) is 0 Å². The van der Waals surface area contributed by atoms with Gasteiger partial charge in [-0.1, -0.05) is 38.1 Å². The number of fused-ring (bicyclic) bond motifs is 2. The average molecular weight is 337 g/mol. The molecule has 1 N–H and O–H groups in total. The molecule has 0 bridgehead atoms. The van der Waals surface area contributed by atoms with Gasteiger partial charge in [-0.25, -0.2) is 0 Å². The second kappa shape index (κ2) is 8.21. The lowest BCUT2D eigenvalue weighted by molar-refractivity contribution is 0.302. The predicted molar refractivity (Wildman–Crippen MR) is 103 cm³/mol. The lowest BCUT2D eigenvalue weighted by Gasteiger charge is -2.24. The van der Waals surface area contributed by atoms with Crippen LogP contribution in [0.25, 0.3) is 0 Å². The summed E-state index contributed by atoms with van der Waals surface area (Å²) in [5.74, 6) is 2.84. The summed E-state index contributed by atoms with van der Waals surface area (Å²) in [6, 6.07) is 12.8. The predicted octanol–water partition coefficient (Wildman–Crippen LogP) is 4.88. The van der Waals surface area contributed by atoms with Crippen LogP contribution in [0.15, 0.2) is 49.1 Å². The van der Waals surface area contributed by atoms with Gasteiger partial charge in [0.05, 0.1) is 6.61 Å². The molecule has 2 aromatic rings. The van der Waals surface area contributed by atoms with E-state index < -0.39 is 0 Å². The zero-order chi connectivity index (χ0) is 17.6. The number of allylic oxidation sites excluding steroid dienone is 1. The lowest BCUT2D eigenvalue weighted by Crippen LogP contribution is -2.24. The van der Waals surface area contributed by atoms with Crippen LogP contribution in [0.4, 0.5) is 0 Å². The Bertz CT molecular complexity index is 737. The van der Waals surface area contributed by atoms with Crippen molar-refractivity contribution in [3.63, 3.8) is 0 Å². The molecule has 0 saturated carbocycles. The second-order valence-corrected chi connectivity index (χ2v) is 6.71. The average Bonchev–Trinajstić information content (AvgIpc) is 2.61. The summed E-state index contributed by atoms with van der Waals surface area (Å²) in [4.78, 5) is 0. The molecule has 1 aliphatic rings. The van der Waals surface area contributed by atoms with Crippen molar-refractivity contribution >= 4 is 0 Å². The Balaban J connectivity index is 1.76. The van der Waals surface area contributed by atoms with Crippen molar-refractivity contribution in [1.29, 1.82) is 0 Å². The fourth-order valence-corrected chi connectivity index (χ4v) is 3.15. The Kier molecular flexibility index (Phi) is 5.77. The molecule has 3 heteroatoms. The van der Waals surface area contributed by atoms with Gasteiger partial charge in [-0.3, -0.25) is 0 Å². The summed E-state index contributed by atoms with van der Waals surface area (Å²) < 4.78 is 12.2.